The number of rotatable bonds is 5. The quantitative estimate of drug-likeness (QED) is 0.767. The highest BCUT2D eigenvalue weighted by atomic mass is 35.5. The van der Waals surface area contributed by atoms with Crippen LogP contribution in [0.5, 0.6) is 0 Å². The normalized spacial score (nSPS) is 10.4. The Bertz CT molecular complexity index is 715. The fourth-order valence-corrected chi connectivity index (χ4v) is 3.04. The fourth-order valence-electron chi connectivity index (χ4n) is 1.88. The van der Waals surface area contributed by atoms with E-state index in [4.69, 9.17) is 16.3 Å². The summed E-state index contributed by atoms with van der Waals surface area (Å²) >= 11 is 7.07. The summed E-state index contributed by atoms with van der Waals surface area (Å²) < 4.78 is 18.7. The highest BCUT2D eigenvalue weighted by molar-refractivity contribution is 7.14. The number of halogens is 2. The lowest BCUT2D eigenvalue weighted by Crippen LogP contribution is -2.27. The molecule has 0 fully saturated rings. The summed E-state index contributed by atoms with van der Waals surface area (Å²) in [5, 5.41) is 2.19. The van der Waals surface area contributed by atoms with Crippen molar-refractivity contribution < 1.29 is 18.7 Å². The second kappa shape index (κ2) is 7.52. The summed E-state index contributed by atoms with van der Waals surface area (Å²) in [4.78, 5) is 29.1. The van der Waals surface area contributed by atoms with E-state index in [1.165, 1.54) is 35.3 Å². The Balaban J connectivity index is 2.06. The first-order valence-corrected chi connectivity index (χ1v) is 8.03. The van der Waals surface area contributed by atoms with Crippen molar-refractivity contribution in [2.24, 2.45) is 0 Å². The maximum absolute atomic E-state index is 13.6. The second-order valence-corrected chi connectivity index (χ2v) is 5.80. The molecule has 5 nitrogen and oxygen atoms in total. The SMILES string of the molecule is CCN(C(C)=O)c1nc(COC(=O)c2c(F)cccc2Cl)cs1. The van der Waals surface area contributed by atoms with Crippen molar-refractivity contribution in [3.63, 3.8) is 0 Å². The van der Waals surface area contributed by atoms with Crippen LogP contribution in [0.1, 0.15) is 29.9 Å². The van der Waals surface area contributed by atoms with E-state index in [0.29, 0.717) is 17.4 Å². The molecule has 1 heterocycles. The molecule has 0 bridgehead atoms. The highest BCUT2D eigenvalue weighted by Crippen LogP contribution is 2.23. The van der Waals surface area contributed by atoms with Crippen LogP contribution < -0.4 is 4.90 Å². The third kappa shape index (κ3) is 4.05. The smallest absolute Gasteiger partial charge is 0.343 e. The van der Waals surface area contributed by atoms with Crippen LogP contribution in [0.4, 0.5) is 9.52 Å². The van der Waals surface area contributed by atoms with Gasteiger partial charge in [-0.3, -0.25) is 9.69 Å². The molecule has 1 aromatic carbocycles. The Labute approximate surface area is 141 Å². The summed E-state index contributed by atoms with van der Waals surface area (Å²) in [5.74, 6) is -1.72. The van der Waals surface area contributed by atoms with Crippen molar-refractivity contribution >= 4 is 39.9 Å². The van der Waals surface area contributed by atoms with Gasteiger partial charge in [0.2, 0.25) is 5.91 Å². The lowest BCUT2D eigenvalue weighted by Gasteiger charge is -2.14. The predicted molar refractivity (Wildman–Crippen MR) is 86.3 cm³/mol. The number of nitrogens with zero attached hydrogens (tertiary/aromatic N) is 2. The Kier molecular flexibility index (Phi) is 5.68. The standard InChI is InChI=1S/C15H14ClFN2O3S/c1-3-19(9(2)20)15-18-10(8-23-15)7-22-14(21)13-11(16)5-4-6-12(13)17/h4-6,8H,3,7H2,1-2H3. The van der Waals surface area contributed by atoms with Gasteiger partial charge in [0.1, 0.15) is 18.0 Å². The van der Waals surface area contributed by atoms with E-state index in [2.05, 4.69) is 4.98 Å². The molecule has 1 amide bonds. The molecule has 0 saturated carbocycles. The van der Waals surface area contributed by atoms with Gasteiger partial charge < -0.3 is 4.74 Å². The number of aromatic nitrogens is 1. The zero-order chi connectivity index (χ0) is 17.0. The van der Waals surface area contributed by atoms with Gasteiger partial charge in [-0.05, 0) is 19.1 Å². The minimum Gasteiger partial charge on any atom is -0.455 e. The van der Waals surface area contributed by atoms with Crippen molar-refractivity contribution in [3.05, 3.63) is 45.7 Å². The minimum atomic E-state index is -0.860. The van der Waals surface area contributed by atoms with Crippen molar-refractivity contribution in [1.29, 1.82) is 0 Å². The Morgan fingerprint density at radius 1 is 1.43 bits per heavy atom. The number of hydrogen-bond acceptors (Lipinski definition) is 5. The van der Waals surface area contributed by atoms with E-state index < -0.39 is 11.8 Å². The number of thiazole rings is 1. The summed E-state index contributed by atoms with van der Waals surface area (Å²) in [6, 6.07) is 3.95. The lowest BCUT2D eigenvalue weighted by atomic mass is 10.2. The molecule has 2 aromatic rings. The van der Waals surface area contributed by atoms with Gasteiger partial charge in [-0.25, -0.2) is 14.2 Å². The summed E-state index contributed by atoms with van der Waals surface area (Å²) in [6.07, 6.45) is 0. The van der Waals surface area contributed by atoms with Crippen LogP contribution in [0, 0.1) is 5.82 Å². The zero-order valence-electron chi connectivity index (χ0n) is 12.5. The molecule has 8 heteroatoms. The highest BCUT2D eigenvalue weighted by Gasteiger charge is 2.18. The first-order chi connectivity index (χ1) is 10.9. The molecule has 122 valence electrons. The molecule has 0 aliphatic carbocycles. The molecule has 0 saturated heterocycles. The first kappa shape index (κ1) is 17.4. The van der Waals surface area contributed by atoms with E-state index in [1.807, 2.05) is 6.92 Å². The monoisotopic (exact) mass is 356 g/mol. The molecular formula is C15H14ClFN2O3S. The number of benzene rings is 1. The fraction of sp³-hybridized carbons (Fsp3) is 0.267. The summed E-state index contributed by atoms with van der Waals surface area (Å²) in [6.45, 7) is 3.65. The number of esters is 1. The molecule has 0 unspecified atom stereocenters. The second-order valence-electron chi connectivity index (χ2n) is 4.56. The van der Waals surface area contributed by atoms with Crippen LogP contribution in [0.25, 0.3) is 0 Å². The lowest BCUT2D eigenvalue weighted by molar-refractivity contribution is -0.116. The molecule has 0 N–H and O–H groups in total. The number of ether oxygens (including phenoxy) is 1. The Hall–Kier alpha value is -1.99. The molecule has 23 heavy (non-hydrogen) atoms. The number of carbonyl (C=O) groups excluding carboxylic acids is 2. The van der Waals surface area contributed by atoms with Gasteiger partial charge in [-0.2, -0.15) is 0 Å². The van der Waals surface area contributed by atoms with Crippen LogP contribution in [0.2, 0.25) is 5.02 Å². The van der Waals surface area contributed by atoms with E-state index in [-0.39, 0.29) is 23.1 Å². The topological polar surface area (TPSA) is 59.5 Å². The molecular weight excluding hydrogens is 343 g/mol. The third-order valence-corrected chi connectivity index (χ3v) is 4.21. The van der Waals surface area contributed by atoms with Gasteiger partial charge in [0.15, 0.2) is 5.13 Å². The molecule has 0 aliphatic heterocycles. The Morgan fingerprint density at radius 3 is 2.78 bits per heavy atom. The number of carbonyl (C=O) groups is 2. The number of hydrogen-bond donors (Lipinski definition) is 0. The van der Waals surface area contributed by atoms with Gasteiger partial charge in [-0.15, -0.1) is 11.3 Å². The van der Waals surface area contributed by atoms with E-state index in [0.717, 1.165) is 6.07 Å². The van der Waals surface area contributed by atoms with Crippen LogP contribution in [-0.4, -0.2) is 23.4 Å². The zero-order valence-corrected chi connectivity index (χ0v) is 14.1. The van der Waals surface area contributed by atoms with Crippen LogP contribution >= 0.6 is 22.9 Å². The minimum absolute atomic E-state index is 0.0114. The van der Waals surface area contributed by atoms with E-state index in [9.17, 15) is 14.0 Å². The van der Waals surface area contributed by atoms with Crippen molar-refractivity contribution in [2.45, 2.75) is 20.5 Å². The van der Waals surface area contributed by atoms with Gasteiger partial charge in [0.25, 0.3) is 0 Å². The largest absolute Gasteiger partial charge is 0.455 e. The number of amides is 1. The molecule has 1 aromatic heterocycles. The summed E-state index contributed by atoms with van der Waals surface area (Å²) in [7, 11) is 0. The van der Waals surface area contributed by atoms with E-state index >= 15 is 0 Å². The van der Waals surface area contributed by atoms with Crippen LogP contribution in [-0.2, 0) is 16.1 Å². The van der Waals surface area contributed by atoms with Gasteiger partial charge in [-0.1, -0.05) is 17.7 Å². The molecule has 0 radical (unpaired) electrons. The van der Waals surface area contributed by atoms with Crippen LogP contribution in [0.15, 0.2) is 23.6 Å². The van der Waals surface area contributed by atoms with E-state index in [1.54, 1.807) is 5.38 Å². The Morgan fingerprint density at radius 2 is 2.17 bits per heavy atom. The van der Waals surface area contributed by atoms with Crippen LogP contribution in [0.3, 0.4) is 0 Å². The van der Waals surface area contributed by atoms with Gasteiger partial charge in [0, 0.05) is 18.8 Å². The first-order valence-electron chi connectivity index (χ1n) is 6.77. The maximum Gasteiger partial charge on any atom is 0.343 e. The average molecular weight is 357 g/mol. The molecule has 0 aliphatic rings. The van der Waals surface area contributed by atoms with Gasteiger partial charge in [0.05, 0.1) is 10.7 Å². The molecule has 2 rings (SSSR count). The average Bonchev–Trinajstić information content (AvgIpc) is 2.94. The van der Waals surface area contributed by atoms with Crippen molar-refractivity contribution in [2.75, 3.05) is 11.4 Å². The summed E-state index contributed by atoms with van der Waals surface area (Å²) in [5.41, 5.74) is 0.175. The number of anilines is 1. The molecule has 0 atom stereocenters. The predicted octanol–water partition coefficient (Wildman–Crippen LogP) is 3.67. The van der Waals surface area contributed by atoms with Crippen molar-refractivity contribution in [1.82, 2.24) is 4.98 Å². The van der Waals surface area contributed by atoms with Crippen molar-refractivity contribution in [3.8, 4) is 0 Å². The van der Waals surface area contributed by atoms with Gasteiger partial charge >= 0.3 is 5.97 Å². The molecule has 0 spiro atoms. The third-order valence-electron chi connectivity index (χ3n) is 2.98. The maximum atomic E-state index is 13.6.